The van der Waals surface area contributed by atoms with Crippen LogP contribution >= 0.6 is 23.2 Å². The van der Waals surface area contributed by atoms with Crippen LogP contribution in [0.2, 0.25) is 10.0 Å². The first-order chi connectivity index (χ1) is 12.2. The van der Waals surface area contributed by atoms with Crippen molar-refractivity contribution in [1.29, 1.82) is 0 Å². The van der Waals surface area contributed by atoms with Crippen molar-refractivity contribution in [2.75, 3.05) is 5.73 Å². The van der Waals surface area contributed by atoms with Gasteiger partial charge in [0, 0.05) is 21.5 Å². The monoisotopic (exact) mass is 390 g/mol. The van der Waals surface area contributed by atoms with E-state index in [1.54, 1.807) is 12.1 Å². The molecule has 0 saturated carbocycles. The van der Waals surface area contributed by atoms with Gasteiger partial charge in [0.2, 0.25) is 5.54 Å². The van der Waals surface area contributed by atoms with Gasteiger partial charge >= 0.3 is 11.9 Å². The Bertz CT molecular complexity index is 1110. The number of anilines is 1. The molecule has 0 bridgehead atoms. The van der Waals surface area contributed by atoms with Gasteiger partial charge in [-0.15, -0.1) is 0 Å². The van der Waals surface area contributed by atoms with Crippen molar-refractivity contribution in [3.8, 4) is 0 Å². The fourth-order valence-corrected chi connectivity index (χ4v) is 3.62. The number of rotatable bonds is 4. The van der Waals surface area contributed by atoms with Crippen LogP contribution in [0.4, 0.5) is 5.69 Å². The molecule has 0 spiro atoms. The normalized spacial score (nSPS) is 18.2. The molecule has 6 nitrogen and oxygen atoms in total. The molecule has 1 heterocycles. The summed E-state index contributed by atoms with van der Waals surface area (Å²) < 4.78 is 0. The van der Waals surface area contributed by atoms with Gasteiger partial charge in [-0.3, -0.25) is 4.99 Å². The van der Waals surface area contributed by atoms with Gasteiger partial charge in [-0.2, -0.15) is 0 Å². The highest BCUT2D eigenvalue weighted by Gasteiger charge is 2.49. The van der Waals surface area contributed by atoms with Crippen LogP contribution in [0.3, 0.4) is 0 Å². The van der Waals surface area contributed by atoms with Crippen molar-refractivity contribution in [1.82, 2.24) is 0 Å². The Morgan fingerprint density at radius 2 is 1.85 bits per heavy atom. The Hall–Kier alpha value is -2.83. The Kier molecular flexibility index (Phi) is 4.26. The van der Waals surface area contributed by atoms with Gasteiger partial charge in [0.05, 0.1) is 16.0 Å². The SMILES string of the molecule is C=C(C(=O)O)C1=c2c(Cl)cc(Cl)cc2=NC1(C(=O)O)c1cccc(N)c1. The first kappa shape index (κ1) is 18.0. The van der Waals surface area contributed by atoms with Gasteiger partial charge in [-0.25, -0.2) is 9.59 Å². The van der Waals surface area contributed by atoms with Crippen molar-refractivity contribution in [2.24, 2.45) is 4.99 Å². The van der Waals surface area contributed by atoms with Crippen molar-refractivity contribution in [3.63, 3.8) is 0 Å². The minimum atomic E-state index is -2.05. The average molecular weight is 391 g/mol. The zero-order chi connectivity index (χ0) is 19.2. The van der Waals surface area contributed by atoms with Crippen LogP contribution in [-0.2, 0) is 15.1 Å². The van der Waals surface area contributed by atoms with Gasteiger partial charge in [0.1, 0.15) is 0 Å². The summed E-state index contributed by atoms with van der Waals surface area (Å²) in [7, 11) is 0. The van der Waals surface area contributed by atoms with E-state index >= 15 is 0 Å². The van der Waals surface area contributed by atoms with Gasteiger partial charge in [0.25, 0.3) is 0 Å². The third-order valence-corrected chi connectivity index (χ3v) is 4.62. The number of benzene rings is 2. The predicted molar refractivity (Wildman–Crippen MR) is 97.6 cm³/mol. The number of halogens is 2. The van der Waals surface area contributed by atoms with Crippen LogP contribution in [-0.4, -0.2) is 22.2 Å². The Balaban J connectivity index is 2.55. The van der Waals surface area contributed by atoms with Crippen LogP contribution in [0.15, 0.2) is 53.5 Å². The molecular weight excluding hydrogens is 379 g/mol. The Morgan fingerprint density at radius 3 is 2.42 bits per heavy atom. The molecule has 0 aromatic heterocycles. The van der Waals surface area contributed by atoms with E-state index in [0.29, 0.717) is 5.69 Å². The molecule has 3 rings (SSSR count). The molecule has 0 fully saturated rings. The van der Waals surface area contributed by atoms with E-state index in [9.17, 15) is 19.8 Å². The van der Waals surface area contributed by atoms with Crippen molar-refractivity contribution in [2.45, 2.75) is 5.54 Å². The summed E-state index contributed by atoms with van der Waals surface area (Å²) in [6.07, 6.45) is 0. The zero-order valence-corrected chi connectivity index (χ0v) is 14.7. The lowest BCUT2D eigenvalue weighted by Crippen LogP contribution is -2.37. The van der Waals surface area contributed by atoms with E-state index in [1.165, 1.54) is 24.3 Å². The number of aliphatic carboxylic acids is 2. The summed E-state index contributed by atoms with van der Waals surface area (Å²) in [5, 5.41) is 20.2. The lowest BCUT2D eigenvalue weighted by Gasteiger charge is -2.26. The number of hydrogen-bond acceptors (Lipinski definition) is 4. The summed E-state index contributed by atoms with van der Waals surface area (Å²) >= 11 is 12.3. The van der Waals surface area contributed by atoms with Crippen LogP contribution in [0.1, 0.15) is 5.56 Å². The van der Waals surface area contributed by atoms with Crippen molar-refractivity contribution < 1.29 is 19.8 Å². The predicted octanol–water partition coefficient (Wildman–Crippen LogP) is 1.98. The minimum absolute atomic E-state index is 0.0840. The maximum absolute atomic E-state index is 12.4. The van der Waals surface area contributed by atoms with Crippen LogP contribution in [0, 0.1) is 0 Å². The van der Waals surface area contributed by atoms with Gasteiger partial charge in [0.15, 0.2) is 0 Å². The number of nitrogens with zero attached hydrogens (tertiary/aromatic N) is 1. The molecule has 4 N–H and O–H groups in total. The maximum Gasteiger partial charge on any atom is 0.341 e. The van der Waals surface area contributed by atoms with Gasteiger partial charge < -0.3 is 15.9 Å². The summed E-state index contributed by atoms with van der Waals surface area (Å²) in [6, 6.07) is 8.89. The molecule has 2 aromatic rings. The second-order valence-corrected chi connectivity index (χ2v) is 6.54. The number of hydrogen-bond donors (Lipinski definition) is 3. The first-order valence-corrected chi connectivity index (χ1v) is 8.05. The fourth-order valence-electron chi connectivity index (χ4n) is 3.04. The number of nitrogen functional groups attached to an aromatic ring is 1. The van der Waals surface area contributed by atoms with E-state index < -0.39 is 23.1 Å². The van der Waals surface area contributed by atoms with Crippen molar-refractivity contribution >= 4 is 46.4 Å². The highest BCUT2D eigenvalue weighted by molar-refractivity contribution is 6.35. The van der Waals surface area contributed by atoms with Crippen LogP contribution < -0.4 is 16.3 Å². The quantitative estimate of drug-likeness (QED) is 0.545. The Labute approximate surface area is 157 Å². The number of carboxylic acid groups (broad SMARTS) is 2. The lowest BCUT2D eigenvalue weighted by atomic mass is 9.80. The molecule has 1 aliphatic rings. The molecule has 0 saturated heterocycles. The summed E-state index contributed by atoms with van der Waals surface area (Å²) in [5.74, 6) is -2.77. The molecule has 2 aromatic carbocycles. The molecule has 0 aliphatic carbocycles. The summed E-state index contributed by atoms with van der Waals surface area (Å²) in [4.78, 5) is 28.3. The number of carboxylic acids is 2. The summed E-state index contributed by atoms with van der Waals surface area (Å²) in [6.45, 7) is 3.54. The number of carbonyl (C=O) groups is 2. The second kappa shape index (κ2) is 6.16. The average Bonchev–Trinajstić information content (AvgIpc) is 2.90. The molecule has 1 aliphatic heterocycles. The molecule has 26 heavy (non-hydrogen) atoms. The van der Waals surface area contributed by atoms with E-state index in [1.807, 2.05) is 0 Å². The Morgan fingerprint density at radius 1 is 1.15 bits per heavy atom. The third-order valence-electron chi connectivity index (χ3n) is 4.11. The zero-order valence-electron chi connectivity index (χ0n) is 13.2. The van der Waals surface area contributed by atoms with E-state index in [0.717, 1.165) is 0 Å². The minimum Gasteiger partial charge on any atom is -0.479 e. The highest BCUT2D eigenvalue weighted by atomic mass is 35.5. The summed E-state index contributed by atoms with van der Waals surface area (Å²) in [5.41, 5.74) is 3.68. The van der Waals surface area contributed by atoms with Gasteiger partial charge in [-0.05, 0) is 29.8 Å². The number of fused-ring (bicyclic) bond motifs is 1. The fraction of sp³-hybridized carbons (Fsp3) is 0.0556. The highest BCUT2D eigenvalue weighted by Crippen LogP contribution is 2.41. The largest absolute Gasteiger partial charge is 0.479 e. The van der Waals surface area contributed by atoms with Crippen LogP contribution in [0.5, 0.6) is 0 Å². The molecular formula is C18H12Cl2N2O4. The van der Waals surface area contributed by atoms with E-state index in [2.05, 4.69) is 11.6 Å². The first-order valence-electron chi connectivity index (χ1n) is 7.30. The van der Waals surface area contributed by atoms with Crippen molar-refractivity contribution in [3.05, 3.63) is 74.7 Å². The maximum atomic E-state index is 12.4. The van der Waals surface area contributed by atoms with E-state index in [4.69, 9.17) is 28.9 Å². The standard InChI is InChI=1S/C18H12Cl2N2O4/c1-8(16(23)24)15-14-12(20)6-10(19)7-13(14)22-18(15,17(25)26)9-3-2-4-11(21)5-9/h2-7H,1,21H2,(H,23,24)(H,25,26). The smallest absolute Gasteiger partial charge is 0.341 e. The molecule has 0 amide bonds. The molecule has 8 heteroatoms. The molecule has 1 atom stereocenters. The van der Waals surface area contributed by atoms with Gasteiger partial charge in [-0.1, -0.05) is 41.9 Å². The third kappa shape index (κ3) is 2.55. The molecule has 0 radical (unpaired) electrons. The molecule has 132 valence electrons. The lowest BCUT2D eigenvalue weighted by molar-refractivity contribution is -0.141. The number of nitrogens with two attached hydrogens (primary N) is 1. The van der Waals surface area contributed by atoms with Crippen LogP contribution in [0.25, 0.3) is 5.57 Å². The second-order valence-electron chi connectivity index (χ2n) is 5.69. The topological polar surface area (TPSA) is 113 Å². The van der Waals surface area contributed by atoms with E-state index in [-0.39, 0.29) is 31.8 Å². The molecule has 1 unspecified atom stereocenters.